The van der Waals surface area contributed by atoms with Crippen molar-refractivity contribution in [3.8, 4) is 11.5 Å². The van der Waals surface area contributed by atoms with Crippen LogP contribution in [-0.2, 0) is 24.9 Å². The highest BCUT2D eigenvalue weighted by Crippen LogP contribution is 2.39. The van der Waals surface area contributed by atoms with Crippen molar-refractivity contribution in [2.75, 3.05) is 39.4 Å². The number of ether oxygens (including phenoxy) is 3. The van der Waals surface area contributed by atoms with E-state index < -0.39 is 5.69 Å². The van der Waals surface area contributed by atoms with Crippen LogP contribution in [0.3, 0.4) is 0 Å². The minimum absolute atomic E-state index is 0.189. The fourth-order valence-electron chi connectivity index (χ4n) is 3.69. The van der Waals surface area contributed by atoms with Crippen molar-refractivity contribution in [3.05, 3.63) is 39.0 Å². The lowest BCUT2D eigenvalue weighted by Gasteiger charge is -2.19. The SMILES string of the molecule is COCCn1c(=O)c2c(nc3n2CCN3c2ccc(OC)cc2OC)n(C)c1=O. The minimum Gasteiger partial charge on any atom is -0.497 e. The lowest BCUT2D eigenvalue weighted by molar-refractivity contribution is 0.184. The van der Waals surface area contributed by atoms with E-state index in [1.54, 1.807) is 27.3 Å². The van der Waals surface area contributed by atoms with Crippen molar-refractivity contribution in [3.63, 3.8) is 0 Å². The summed E-state index contributed by atoms with van der Waals surface area (Å²) < 4.78 is 20.3. The van der Waals surface area contributed by atoms with Gasteiger partial charge in [0.05, 0.1) is 33.1 Å². The highest BCUT2D eigenvalue weighted by Gasteiger charge is 2.30. The summed E-state index contributed by atoms with van der Waals surface area (Å²) in [6.07, 6.45) is 0. The van der Waals surface area contributed by atoms with Gasteiger partial charge < -0.3 is 23.7 Å². The second-order valence-electron chi connectivity index (χ2n) is 6.72. The molecule has 2 aromatic heterocycles. The molecule has 0 saturated carbocycles. The Morgan fingerprint density at radius 1 is 1.10 bits per heavy atom. The fraction of sp³-hybridized carbons (Fsp3) is 0.421. The zero-order valence-corrected chi connectivity index (χ0v) is 16.8. The molecule has 0 amide bonds. The summed E-state index contributed by atoms with van der Waals surface area (Å²) in [6, 6.07) is 5.54. The monoisotopic (exact) mass is 401 g/mol. The van der Waals surface area contributed by atoms with Gasteiger partial charge in [0, 0.05) is 33.3 Å². The van der Waals surface area contributed by atoms with Crippen LogP contribution in [0.25, 0.3) is 11.2 Å². The van der Waals surface area contributed by atoms with E-state index in [-0.39, 0.29) is 18.7 Å². The molecule has 1 aliphatic rings. The Bertz CT molecular complexity index is 1190. The second-order valence-corrected chi connectivity index (χ2v) is 6.72. The maximum Gasteiger partial charge on any atom is 0.332 e. The third-order valence-corrected chi connectivity index (χ3v) is 5.20. The van der Waals surface area contributed by atoms with Gasteiger partial charge in [-0.1, -0.05) is 0 Å². The predicted molar refractivity (Wildman–Crippen MR) is 108 cm³/mol. The summed E-state index contributed by atoms with van der Waals surface area (Å²) in [5.41, 5.74) is 0.813. The van der Waals surface area contributed by atoms with Gasteiger partial charge in [0.2, 0.25) is 5.95 Å². The van der Waals surface area contributed by atoms with Crippen molar-refractivity contribution in [1.82, 2.24) is 18.7 Å². The highest BCUT2D eigenvalue weighted by molar-refractivity contribution is 5.79. The Labute approximate surface area is 166 Å². The van der Waals surface area contributed by atoms with Crippen LogP contribution in [-0.4, -0.2) is 53.2 Å². The molecule has 0 bridgehead atoms. The van der Waals surface area contributed by atoms with E-state index in [1.807, 2.05) is 21.6 Å². The minimum atomic E-state index is -0.412. The number of rotatable bonds is 6. The maximum atomic E-state index is 13.1. The zero-order chi connectivity index (χ0) is 20.7. The molecule has 0 atom stereocenters. The topological polar surface area (TPSA) is 92.8 Å². The Kier molecular flexibility index (Phi) is 4.79. The van der Waals surface area contributed by atoms with Crippen LogP contribution >= 0.6 is 0 Å². The first-order valence-corrected chi connectivity index (χ1v) is 9.20. The smallest absolute Gasteiger partial charge is 0.332 e. The normalized spacial score (nSPS) is 13.2. The first-order chi connectivity index (χ1) is 14.0. The van der Waals surface area contributed by atoms with E-state index in [4.69, 9.17) is 14.2 Å². The van der Waals surface area contributed by atoms with Crippen LogP contribution in [0.1, 0.15) is 0 Å². The molecule has 10 nitrogen and oxygen atoms in total. The molecule has 1 aliphatic heterocycles. The molecule has 0 unspecified atom stereocenters. The van der Waals surface area contributed by atoms with Crippen molar-refractivity contribution in [2.45, 2.75) is 13.1 Å². The summed E-state index contributed by atoms with van der Waals surface area (Å²) in [5.74, 6) is 1.91. The van der Waals surface area contributed by atoms with Gasteiger partial charge in [-0.05, 0) is 12.1 Å². The summed E-state index contributed by atoms with van der Waals surface area (Å²) in [5, 5.41) is 0. The van der Waals surface area contributed by atoms with Gasteiger partial charge in [0.1, 0.15) is 11.5 Å². The molecule has 0 radical (unpaired) electrons. The van der Waals surface area contributed by atoms with Crippen LogP contribution in [0.15, 0.2) is 27.8 Å². The number of fused-ring (bicyclic) bond motifs is 3. The van der Waals surface area contributed by atoms with Crippen LogP contribution < -0.4 is 25.6 Å². The van der Waals surface area contributed by atoms with Gasteiger partial charge >= 0.3 is 5.69 Å². The number of hydrogen-bond donors (Lipinski definition) is 0. The molecule has 0 saturated heterocycles. The second kappa shape index (κ2) is 7.28. The van der Waals surface area contributed by atoms with E-state index in [9.17, 15) is 9.59 Å². The number of methoxy groups -OCH3 is 3. The van der Waals surface area contributed by atoms with Gasteiger partial charge in [0.15, 0.2) is 11.2 Å². The lowest BCUT2D eigenvalue weighted by Crippen LogP contribution is -2.40. The van der Waals surface area contributed by atoms with E-state index in [1.165, 1.54) is 16.2 Å². The number of benzene rings is 1. The molecule has 3 heterocycles. The Morgan fingerprint density at radius 3 is 2.59 bits per heavy atom. The lowest BCUT2D eigenvalue weighted by atomic mass is 10.2. The first kappa shape index (κ1) is 19.1. The summed E-state index contributed by atoms with van der Waals surface area (Å²) in [6.45, 7) is 1.66. The molecule has 0 spiro atoms. The quantitative estimate of drug-likeness (QED) is 0.601. The molecule has 0 aliphatic carbocycles. The summed E-state index contributed by atoms with van der Waals surface area (Å²) >= 11 is 0. The van der Waals surface area contributed by atoms with Crippen molar-refractivity contribution in [2.24, 2.45) is 7.05 Å². The Morgan fingerprint density at radius 2 is 1.90 bits per heavy atom. The standard InChI is InChI=1S/C19H23N5O5/c1-21-16-15(17(25)24(19(21)26)9-10-27-2)23-8-7-22(18(23)20-16)13-6-5-12(28-3)11-14(13)29-4/h5-6,11H,7-10H2,1-4H3. The third-order valence-electron chi connectivity index (χ3n) is 5.20. The van der Waals surface area contributed by atoms with E-state index in [0.29, 0.717) is 41.7 Å². The third kappa shape index (κ3) is 2.87. The fourth-order valence-corrected chi connectivity index (χ4v) is 3.69. The van der Waals surface area contributed by atoms with Gasteiger partial charge in [-0.2, -0.15) is 4.98 Å². The number of nitrogens with zero attached hydrogens (tertiary/aromatic N) is 5. The summed E-state index contributed by atoms with van der Waals surface area (Å²) in [7, 11) is 6.34. The first-order valence-electron chi connectivity index (χ1n) is 9.20. The molecule has 29 heavy (non-hydrogen) atoms. The maximum absolute atomic E-state index is 13.1. The average molecular weight is 401 g/mol. The number of hydrogen-bond acceptors (Lipinski definition) is 7. The van der Waals surface area contributed by atoms with Crippen LogP contribution in [0, 0.1) is 0 Å². The predicted octanol–water partition coefficient (Wildman–Crippen LogP) is 0.712. The summed E-state index contributed by atoms with van der Waals surface area (Å²) in [4.78, 5) is 32.3. The van der Waals surface area contributed by atoms with Gasteiger partial charge in [-0.15, -0.1) is 0 Å². The van der Waals surface area contributed by atoms with E-state index in [0.717, 1.165) is 5.69 Å². The van der Waals surface area contributed by atoms with Gasteiger partial charge in [0.25, 0.3) is 5.56 Å². The number of aryl methyl sites for hydroxylation is 1. The number of aromatic nitrogens is 4. The Hall–Kier alpha value is -3.27. The van der Waals surface area contributed by atoms with E-state index in [2.05, 4.69) is 4.98 Å². The number of anilines is 2. The highest BCUT2D eigenvalue weighted by atomic mass is 16.5. The molecular formula is C19H23N5O5. The van der Waals surface area contributed by atoms with Crippen molar-refractivity contribution in [1.29, 1.82) is 0 Å². The molecule has 0 N–H and O–H groups in total. The molecule has 0 fully saturated rings. The average Bonchev–Trinajstić information content (AvgIpc) is 3.31. The molecular weight excluding hydrogens is 378 g/mol. The van der Waals surface area contributed by atoms with Gasteiger partial charge in [-0.25, -0.2) is 4.79 Å². The Balaban J connectivity index is 1.89. The zero-order valence-electron chi connectivity index (χ0n) is 16.8. The molecule has 10 heteroatoms. The molecule has 1 aromatic carbocycles. The van der Waals surface area contributed by atoms with E-state index >= 15 is 0 Å². The molecule has 3 aromatic rings. The number of imidazole rings is 1. The van der Waals surface area contributed by atoms with Gasteiger partial charge in [-0.3, -0.25) is 13.9 Å². The largest absolute Gasteiger partial charge is 0.497 e. The van der Waals surface area contributed by atoms with Crippen LogP contribution in [0.2, 0.25) is 0 Å². The van der Waals surface area contributed by atoms with Crippen molar-refractivity contribution >= 4 is 22.8 Å². The molecule has 4 rings (SSSR count). The van der Waals surface area contributed by atoms with Crippen molar-refractivity contribution < 1.29 is 14.2 Å². The van der Waals surface area contributed by atoms with Crippen LogP contribution in [0.5, 0.6) is 11.5 Å². The molecule has 154 valence electrons. The van der Waals surface area contributed by atoms with Crippen LogP contribution in [0.4, 0.5) is 11.6 Å².